The Bertz CT molecular complexity index is 558. The average Bonchev–Trinajstić information content (AvgIpc) is 2.91. The number of nitrogens with two attached hydrogens (primary N) is 1. The molecule has 1 fully saturated rings. The average molecular weight is 260 g/mol. The second-order valence-electron chi connectivity index (χ2n) is 4.94. The third-order valence-electron chi connectivity index (χ3n) is 3.37. The molecule has 0 radical (unpaired) electrons. The van der Waals surface area contributed by atoms with Gasteiger partial charge in [0, 0.05) is 6.61 Å². The highest BCUT2D eigenvalue weighted by atomic mass is 16.5. The van der Waals surface area contributed by atoms with E-state index < -0.39 is 5.60 Å². The van der Waals surface area contributed by atoms with Crippen LogP contribution in [0.1, 0.15) is 32.0 Å². The molecule has 1 unspecified atom stereocenters. The van der Waals surface area contributed by atoms with Crippen LogP contribution in [0.15, 0.2) is 22.9 Å². The molecule has 1 saturated heterocycles. The molecular weight excluding hydrogens is 244 g/mol. The van der Waals surface area contributed by atoms with E-state index in [4.69, 9.17) is 15.0 Å². The van der Waals surface area contributed by atoms with Crippen molar-refractivity contribution in [2.24, 2.45) is 0 Å². The van der Waals surface area contributed by atoms with E-state index >= 15 is 0 Å². The lowest BCUT2D eigenvalue weighted by molar-refractivity contribution is -0.0770. The first-order valence-electron chi connectivity index (χ1n) is 6.37. The summed E-state index contributed by atoms with van der Waals surface area (Å²) in [6.45, 7) is 2.73. The van der Waals surface area contributed by atoms with Crippen molar-refractivity contribution in [2.45, 2.75) is 31.8 Å². The minimum atomic E-state index is -0.451. The number of pyridine rings is 1. The van der Waals surface area contributed by atoms with E-state index in [-0.39, 0.29) is 0 Å². The number of ether oxygens (including phenoxy) is 1. The lowest BCUT2D eigenvalue weighted by Gasteiger charge is -2.30. The second kappa shape index (κ2) is 4.62. The molecule has 3 rings (SSSR count). The molecule has 0 aliphatic carbocycles. The summed E-state index contributed by atoms with van der Waals surface area (Å²) in [4.78, 5) is 8.57. The van der Waals surface area contributed by atoms with Crippen LogP contribution in [0.2, 0.25) is 0 Å². The molecule has 2 aromatic rings. The summed E-state index contributed by atoms with van der Waals surface area (Å²) in [5.41, 5.74) is 6.37. The number of nitrogens with zero attached hydrogens (tertiary/aromatic N) is 3. The fourth-order valence-corrected chi connectivity index (χ4v) is 2.18. The summed E-state index contributed by atoms with van der Waals surface area (Å²) < 4.78 is 11.1. The summed E-state index contributed by atoms with van der Waals surface area (Å²) in [6, 6.07) is 3.52. The SMILES string of the molecule is CC1(c2noc(-c3ccc(N)cn3)n2)CCCCO1. The van der Waals surface area contributed by atoms with Crippen molar-refractivity contribution in [1.82, 2.24) is 15.1 Å². The molecule has 0 bridgehead atoms. The minimum absolute atomic E-state index is 0.394. The van der Waals surface area contributed by atoms with E-state index in [0.29, 0.717) is 23.1 Å². The van der Waals surface area contributed by atoms with Gasteiger partial charge in [0.15, 0.2) is 0 Å². The number of rotatable bonds is 2. The number of hydrogen-bond acceptors (Lipinski definition) is 6. The molecule has 0 aromatic carbocycles. The normalized spacial score (nSPS) is 23.4. The van der Waals surface area contributed by atoms with Crippen LogP contribution in [0.4, 0.5) is 5.69 Å². The topological polar surface area (TPSA) is 87.1 Å². The van der Waals surface area contributed by atoms with Crippen LogP contribution < -0.4 is 5.73 Å². The molecule has 0 amide bonds. The van der Waals surface area contributed by atoms with E-state index in [9.17, 15) is 0 Å². The zero-order chi connectivity index (χ0) is 13.3. The lowest BCUT2D eigenvalue weighted by atomic mass is 9.95. The van der Waals surface area contributed by atoms with Gasteiger partial charge in [-0.15, -0.1) is 0 Å². The maximum atomic E-state index is 5.79. The van der Waals surface area contributed by atoms with E-state index in [1.54, 1.807) is 18.3 Å². The van der Waals surface area contributed by atoms with Gasteiger partial charge in [0.1, 0.15) is 11.3 Å². The lowest BCUT2D eigenvalue weighted by Crippen LogP contribution is -2.31. The van der Waals surface area contributed by atoms with Crippen LogP contribution in [-0.4, -0.2) is 21.7 Å². The maximum absolute atomic E-state index is 5.79. The Morgan fingerprint density at radius 1 is 1.32 bits per heavy atom. The quantitative estimate of drug-likeness (QED) is 0.890. The maximum Gasteiger partial charge on any atom is 0.276 e. The van der Waals surface area contributed by atoms with Crippen molar-refractivity contribution in [3.8, 4) is 11.6 Å². The molecule has 2 N–H and O–H groups in total. The number of aromatic nitrogens is 3. The Kier molecular flexibility index (Phi) is 2.94. The highest BCUT2D eigenvalue weighted by Crippen LogP contribution is 2.33. The van der Waals surface area contributed by atoms with Crippen LogP contribution in [-0.2, 0) is 10.3 Å². The molecule has 1 atom stereocenters. The van der Waals surface area contributed by atoms with E-state index in [2.05, 4.69) is 15.1 Å². The predicted octanol–water partition coefficient (Wildman–Crippen LogP) is 2.13. The molecule has 3 heterocycles. The first-order chi connectivity index (χ1) is 9.17. The summed E-state index contributed by atoms with van der Waals surface area (Å²) >= 11 is 0. The number of anilines is 1. The smallest absolute Gasteiger partial charge is 0.276 e. The van der Waals surface area contributed by atoms with Crippen molar-refractivity contribution in [3.05, 3.63) is 24.2 Å². The van der Waals surface area contributed by atoms with Crippen LogP contribution in [0.5, 0.6) is 0 Å². The largest absolute Gasteiger partial charge is 0.397 e. The predicted molar refractivity (Wildman–Crippen MR) is 69.1 cm³/mol. The van der Waals surface area contributed by atoms with Gasteiger partial charge in [0.2, 0.25) is 5.82 Å². The second-order valence-corrected chi connectivity index (χ2v) is 4.94. The van der Waals surface area contributed by atoms with E-state index in [1.165, 1.54) is 0 Å². The Balaban J connectivity index is 1.88. The molecular formula is C13H16N4O2. The summed E-state index contributed by atoms with van der Waals surface area (Å²) in [5, 5.41) is 4.03. The molecule has 100 valence electrons. The standard InChI is InChI=1S/C13H16N4O2/c1-13(6-2-3-7-18-13)12-16-11(19-17-12)10-5-4-9(14)8-15-10/h4-5,8H,2-3,6-7,14H2,1H3. The summed E-state index contributed by atoms with van der Waals surface area (Å²) in [6.07, 6.45) is 4.67. The van der Waals surface area contributed by atoms with Gasteiger partial charge in [-0.1, -0.05) is 5.16 Å². The molecule has 1 aliphatic rings. The minimum Gasteiger partial charge on any atom is -0.397 e. The van der Waals surface area contributed by atoms with Gasteiger partial charge in [-0.25, -0.2) is 4.98 Å². The van der Waals surface area contributed by atoms with Crippen molar-refractivity contribution >= 4 is 5.69 Å². The Morgan fingerprint density at radius 3 is 2.89 bits per heavy atom. The van der Waals surface area contributed by atoms with Crippen LogP contribution in [0.25, 0.3) is 11.6 Å². The zero-order valence-electron chi connectivity index (χ0n) is 10.8. The molecule has 1 aliphatic heterocycles. The van der Waals surface area contributed by atoms with Gasteiger partial charge in [-0.2, -0.15) is 4.98 Å². The van der Waals surface area contributed by atoms with E-state index in [1.807, 2.05) is 6.92 Å². The number of nitrogen functional groups attached to an aromatic ring is 1. The van der Waals surface area contributed by atoms with Crippen molar-refractivity contribution in [2.75, 3.05) is 12.3 Å². The molecule has 19 heavy (non-hydrogen) atoms. The van der Waals surface area contributed by atoms with Crippen molar-refractivity contribution in [1.29, 1.82) is 0 Å². The van der Waals surface area contributed by atoms with Gasteiger partial charge in [-0.05, 0) is 38.3 Å². The molecule has 0 saturated carbocycles. The van der Waals surface area contributed by atoms with Gasteiger partial charge < -0.3 is 15.0 Å². The van der Waals surface area contributed by atoms with Crippen molar-refractivity contribution in [3.63, 3.8) is 0 Å². The Morgan fingerprint density at radius 2 is 2.21 bits per heavy atom. The van der Waals surface area contributed by atoms with Gasteiger partial charge in [0.05, 0.1) is 11.9 Å². The molecule has 6 nitrogen and oxygen atoms in total. The third-order valence-corrected chi connectivity index (χ3v) is 3.37. The first-order valence-corrected chi connectivity index (χ1v) is 6.37. The van der Waals surface area contributed by atoms with Crippen molar-refractivity contribution < 1.29 is 9.26 Å². The zero-order valence-corrected chi connectivity index (χ0v) is 10.8. The van der Waals surface area contributed by atoms with Crippen LogP contribution >= 0.6 is 0 Å². The summed E-state index contributed by atoms with van der Waals surface area (Å²) in [5.74, 6) is 0.978. The summed E-state index contributed by atoms with van der Waals surface area (Å²) in [7, 11) is 0. The van der Waals surface area contributed by atoms with Gasteiger partial charge >= 0.3 is 0 Å². The van der Waals surface area contributed by atoms with E-state index in [0.717, 1.165) is 25.9 Å². The van der Waals surface area contributed by atoms with Crippen LogP contribution in [0, 0.1) is 0 Å². The van der Waals surface area contributed by atoms with Gasteiger partial charge in [-0.3, -0.25) is 0 Å². The Hall–Kier alpha value is -1.95. The fraction of sp³-hybridized carbons (Fsp3) is 0.462. The molecule has 2 aromatic heterocycles. The monoisotopic (exact) mass is 260 g/mol. The van der Waals surface area contributed by atoms with Gasteiger partial charge in [0.25, 0.3) is 5.89 Å². The third kappa shape index (κ3) is 2.31. The molecule has 6 heteroatoms. The number of hydrogen-bond donors (Lipinski definition) is 1. The highest BCUT2D eigenvalue weighted by Gasteiger charge is 2.35. The molecule has 0 spiro atoms. The van der Waals surface area contributed by atoms with Crippen LogP contribution in [0.3, 0.4) is 0 Å². The first kappa shape index (κ1) is 12.1. The Labute approximate surface area is 111 Å². The highest BCUT2D eigenvalue weighted by molar-refractivity contribution is 5.50. The fourth-order valence-electron chi connectivity index (χ4n) is 2.18.